The quantitative estimate of drug-likeness (QED) is 0.823. The second kappa shape index (κ2) is 7.45. The van der Waals surface area contributed by atoms with Gasteiger partial charge in [-0.1, -0.05) is 24.3 Å². The van der Waals surface area contributed by atoms with Gasteiger partial charge in [0.05, 0.1) is 17.2 Å². The van der Waals surface area contributed by atoms with Crippen molar-refractivity contribution in [1.82, 2.24) is 4.31 Å². The summed E-state index contributed by atoms with van der Waals surface area (Å²) < 4.78 is 32.9. The number of hydrogen-bond acceptors (Lipinski definition) is 4. The zero-order valence-corrected chi connectivity index (χ0v) is 15.5. The molecule has 134 valence electrons. The Balaban J connectivity index is 1.74. The number of nitrogens with zero attached hydrogens (tertiary/aromatic N) is 2. The molecule has 0 bridgehead atoms. The van der Waals surface area contributed by atoms with Crippen LogP contribution in [-0.2, 0) is 10.0 Å². The van der Waals surface area contributed by atoms with Crippen molar-refractivity contribution < 1.29 is 13.2 Å². The van der Waals surface area contributed by atoms with Crippen LogP contribution < -0.4 is 9.64 Å². The lowest BCUT2D eigenvalue weighted by Crippen LogP contribution is -2.48. The van der Waals surface area contributed by atoms with Gasteiger partial charge in [-0.2, -0.15) is 4.31 Å². The number of para-hydroxylation sites is 2. The Bertz CT molecular complexity index is 828. The molecule has 1 fully saturated rings. The molecule has 5 nitrogen and oxygen atoms in total. The predicted molar refractivity (Wildman–Crippen MR) is 99.8 cm³/mol. The molecule has 3 rings (SSSR count). The minimum absolute atomic E-state index is 0.371. The highest BCUT2D eigenvalue weighted by molar-refractivity contribution is 7.89. The first kappa shape index (κ1) is 17.8. The van der Waals surface area contributed by atoms with Gasteiger partial charge in [0.2, 0.25) is 10.0 Å². The van der Waals surface area contributed by atoms with Gasteiger partial charge in [0, 0.05) is 26.2 Å². The minimum atomic E-state index is -3.44. The van der Waals surface area contributed by atoms with Crippen molar-refractivity contribution >= 4 is 15.7 Å². The Hall–Kier alpha value is -2.05. The molecule has 1 aliphatic rings. The fraction of sp³-hybridized carbons (Fsp3) is 0.368. The third kappa shape index (κ3) is 3.80. The van der Waals surface area contributed by atoms with Crippen molar-refractivity contribution in [2.75, 3.05) is 37.7 Å². The molecule has 1 aliphatic heterocycles. The number of ether oxygens (including phenoxy) is 1. The maximum absolute atomic E-state index is 12.8. The normalized spacial score (nSPS) is 16.0. The monoisotopic (exact) mass is 360 g/mol. The van der Waals surface area contributed by atoms with Gasteiger partial charge >= 0.3 is 0 Å². The summed E-state index contributed by atoms with van der Waals surface area (Å²) in [6.07, 6.45) is 0. The van der Waals surface area contributed by atoms with E-state index < -0.39 is 10.0 Å². The predicted octanol–water partition coefficient (Wildman–Crippen LogP) is 2.90. The number of piperazine rings is 1. The molecule has 2 aromatic rings. The highest BCUT2D eigenvalue weighted by Crippen LogP contribution is 2.29. The van der Waals surface area contributed by atoms with Gasteiger partial charge < -0.3 is 9.64 Å². The Morgan fingerprint density at radius 1 is 1.00 bits per heavy atom. The summed E-state index contributed by atoms with van der Waals surface area (Å²) in [5.74, 6) is 0.847. The Kier molecular flexibility index (Phi) is 5.30. The minimum Gasteiger partial charge on any atom is -0.492 e. The van der Waals surface area contributed by atoms with Crippen LogP contribution in [0.5, 0.6) is 5.75 Å². The molecule has 25 heavy (non-hydrogen) atoms. The maximum atomic E-state index is 12.8. The third-order valence-corrected chi connectivity index (χ3v) is 6.27. The first-order valence-electron chi connectivity index (χ1n) is 8.56. The Morgan fingerprint density at radius 2 is 1.72 bits per heavy atom. The maximum Gasteiger partial charge on any atom is 0.243 e. The van der Waals surface area contributed by atoms with Crippen molar-refractivity contribution in [3.8, 4) is 5.75 Å². The first-order valence-corrected chi connectivity index (χ1v) is 10.00. The topological polar surface area (TPSA) is 49.9 Å². The van der Waals surface area contributed by atoms with Crippen molar-refractivity contribution in [3.63, 3.8) is 0 Å². The van der Waals surface area contributed by atoms with Crippen molar-refractivity contribution in [3.05, 3.63) is 54.1 Å². The van der Waals surface area contributed by atoms with E-state index in [1.165, 1.54) is 0 Å². The van der Waals surface area contributed by atoms with E-state index in [2.05, 4.69) is 4.90 Å². The van der Waals surface area contributed by atoms with E-state index in [9.17, 15) is 8.42 Å². The molecule has 0 saturated carbocycles. The van der Waals surface area contributed by atoms with Gasteiger partial charge in [-0.3, -0.25) is 0 Å². The molecular weight excluding hydrogens is 336 g/mol. The second-order valence-electron chi connectivity index (χ2n) is 6.11. The van der Waals surface area contributed by atoms with E-state index in [0.29, 0.717) is 37.7 Å². The van der Waals surface area contributed by atoms with Crippen LogP contribution in [0.1, 0.15) is 12.5 Å². The highest BCUT2D eigenvalue weighted by Gasteiger charge is 2.29. The largest absolute Gasteiger partial charge is 0.492 e. The van der Waals surface area contributed by atoms with Gasteiger partial charge in [0.25, 0.3) is 0 Å². The van der Waals surface area contributed by atoms with E-state index in [4.69, 9.17) is 4.74 Å². The average Bonchev–Trinajstić information content (AvgIpc) is 2.63. The molecule has 0 aromatic heterocycles. The standard InChI is InChI=1S/C19H24N2O3S/c1-3-24-19-10-5-4-9-18(19)20-11-13-21(14-12-20)25(22,23)17-8-6-7-16(2)15-17/h4-10,15H,3,11-14H2,1-2H3. The van der Waals surface area contributed by atoms with E-state index in [-0.39, 0.29) is 0 Å². The van der Waals surface area contributed by atoms with Gasteiger partial charge in [0.15, 0.2) is 0 Å². The summed E-state index contributed by atoms with van der Waals surface area (Å²) in [5, 5.41) is 0. The summed E-state index contributed by atoms with van der Waals surface area (Å²) in [6, 6.07) is 15.0. The molecule has 0 unspecified atom stereocenters. The summed E-state index contributed by atoms with van der Waals surface area (Å²) in [5.41, 5.74) is 1.97. The molecule has 6 heteroatoms. The van der Waals surface area contributed by atoms with Crippen LogP contribution in [0.3, 0.4) is 0 Å². The lowest BCUT2D eigenvalue weighted by atomic mass is 10.2. The van der Waals surface area contributed by atoms with Crippen LogP contribution in [-0.4, -0.2) is 45.5 Å². The first-order chi connectivity index (χ1) is 12.0. The van der Waals surface area contributed by atoms with Crippen LogP contribution >= 0.6 is 0 Å². The fourth-order valence-electron chi connectivity index (χ4n) is 3.09. The van der Waals surface area contributed by atoms with Crippen LogP contribution in [0.2, 0.25) is 0 Å². The molecule has 1 heterocycles. The van der Waals surface area contributed by atoms with Crippen LogP contribution in [0.4, 0.5) is 5.69 Å². The smallest absolute Gasteiger partial charge is 0.243 e. The van der Waals surface area contributed by atoms with Crippen molar-refractivity contribution in [1.29, 1.82) is 0 Å². The molecule has 0 radical (unpaired) electrons. The zero-order valence-electron chi connectivity index (χ0n) is 14.7. The number of hydrogen-bond donors (Lipinski definition) is 0. The highest BCUT2D eigenvalue weighted by atomic mass is 32.2. The van der Waals surface area contributed by atoms with E-state index in [0.717, 1.165) is 17.0 Å². The number of aryl methyl sites for hydroxylation is 1. The van der Waals surface area contributed by atoms with Gasteiger partial charge in [-0.25, -0.2) is 8.42 Å². The van der Waals surface area contributed by atoms with Gasteiger partial charge in [-0.15, -0.1) is 0 Å². The molecule has 1 saturated heterocycles. The van der Waals surface area contributed by atoms with Crippen LogP contribution in [0, 0.1) is 6.92 Å². The third-order valence-electron chi connectivity index (χ3n) is 4.37. The molecule has 0 amide bonds. The number of anilines is 1. The molecule has 0 aliphatic carbocycles. The van der Waals surface area contributed by atoms with E-state index in [1.54, 1.807) is 22.5 Å². The van der Waals surface area contributed by atoms with Crippen LogP contribution in [0.15, 0.2) is 53.4 Å². The average molecular weight is 360 g/mol. The van der Waals surface area contributed by atoms with Gasteiger partial charge in [0.1, 0.15) is 5.75 Å². The number of rotatable bonds is 5. The Morgan fingerprint density at radius 3 is 2.40 bits per heavy atom. The number of sulfonamides is 1. The zero-order chi connectivity index (χ0) is 17.9. The van der Waals surface area contributed by atoms with E-state index in [1.807, 2.05) is 44.2 Å². The summed E-state index contributed by atoms with van der Waals surface area (Å²) in [7, 11) is -3.44. The van der Waals surface area contributed by atoms with Crippen molar-refractivity contribution in [2.24, 2.45) is 0 Å². The molecular formula is C19H24N2O3S. The Labute approximate surface area is 149 Å². The van der Waals surface area contributed by atoms with Crippen LogP contribution in [0.25, 0.3) is 0 Å². The van der Waals surface area contributed by atoms with E-state index >= 15 is 0 Å². The van der Waals surface area contributed by atoms with Gasteiger partial charge in [-0.05, 0) is 43.7 Å². The number of benzene rings is 2. The molecule has 0 spiro atoms. The summed E-state index contributed by atoms with van der Waals surface area (Å²) in [6.45, 7) is 6.71. The van der Waals surface area contributed by atoms with Crippen molar-refractivity contribution in [2.45, 2.75) is 18.7 Å². The summed E-state index contributed by atoms with van der Waals surface area (Å²) in [4.78, 5) is 2.56. The molecule has 0 N–H and O–H groups in total. The lowest BCUT2D eigenvalue weighted by molar-refractivity contribution is 0.337. The molecule has 0 atom stereocenters. The summed E-state index contributed by atoms with van der Waals surface area (Å²) >= 11 is 0. The second-order valence-corrected chi connectivity index (χ2v) is 8.05. The fourth-order valence-corrected chi connectivity index (χ4v) is 4.62. The SMILES string of the molecule is CCOc1ccccc1N1CCN(S(=O)(=O)c2cccc(C)c2)CC1. The molecule has 2 aromatic carbocycles. The lowest BCUT2D eigenvalue weighted by Gasteiger charge is -2.36.